The molecule has 34 heavy (non-hydrogen) atoms. The molecule has 0 aliphatic carbocycles. The second-order valence-corrected chi connectivity index (χ2v) is 7.54. The van der Waals surface area contributed by atoms with Gasteiger partial charge in [0.1, 0.15) is 12.9 Å². The number of fused-ring (bicyclic) bond motifs is 1. The number of benzene rings is 2. The van der Waals surface area contributed by atoms with E-state index in [0.717, 1.165) is 15.6 Å². The van der Waals surface area contributed by atoms with Crippen LogP contribution in [-0.4, -0.2) is 56.6 Å². The standard InChI is InChI=1S/C24H23N5O5/c30-21-19-10-4-5-11-20(19)22(31)29(21)28(24(33)27-15-13-25-17-27)14-7-6-12-26-23(32)34-16-18-8-2-1-3-9-18/h1-5,8-11,13,15,17H,6-7,12,14,16H2,(H,26,32). The van der Waals surface area contributed by atoms with Gasteiger partial charge in [0, 0.05) is 25.5 Å². The van der Waals surface area contributed by atoms with Crippen LogP contribution < -0.4 is 5.32 Å². The van der Waals surface area contributed by atoms with Crippen molar-refractivity contribution in [2.75, 3.05) is 13.1 Å². The molecule has 0 unspecified atom stereocenters. The van der Waals surface area contributed by atoms with Crippen LogP contribution in [0, 0.1) is 0 Å². The third kappa shape index (κ3) is 4.96. The lowest BCUT2D eigenvalue weighted by Crippen LogP contribution is -2.51. The maximum atomic E-state index is 13.0. The monoisotopic (exact) mass is 461 g/mol. The van der Waals surface area contributed by atoms with Gasteiger partial charge in [0.2, 0.25) is 0 Å². The molecule has 10 nitrogen and oxygen atoms in total. The largest absolute Gasteiger partial charge is 0.445 e. The summed E-state index contributed by atoms with van der Waals surface area (Å²) in [5.41, 5.74) is 1.38. The molecule has 2 heterocycles. The van der Waals surface area contributed by atoms with Crippen molar-refractivity contribution in [2.24, 2.45) is 0 Å². The van der Waals surface area contributed by atoms with Gasteiger partial charge < -0.3 is 10.1 Å². The fourth-order valence-electron chi connectivity index (χ4n) is 3.53. The fraction of sp³-hybridized carbons (Fsp3) is 0.208. The van der Waals surface area contributed by atoms with Crippen LogP contribution in [-0.2, 0) is 11.3 Å². The van der Waals surface area contributed by atoms with Gasteiger partial charge in [0.25, 0.3) is 11.8 Å². The van der Waals surface area contributed by atoms with E-state index in [2.05, 4.69) is 10.3 Å². The maximum absolute atomic E-state index is 13.0. The van der Waals surface area contributed by atoms with Gasteiger partial charge in [-0.2, -0.15) is 5.01 Å². The predicted molar refractivity (Wildman–Crippen MR) is 121 cm³/mol. The van der Waals surface area contributed by atoms with E-state index in [1.807, 2.05) is 30.3 Å². The van der Waals surface area contributed by atoms with Gasteiger partial charge in [-0.15, -0.1) is 0 Å². The summed E-state index contributed by atoms with van der Waals surface area (Å²) in [7, 11) is 0. The highest BCUT2D eigenvalue weighted by Crippen LogP contribution is 2.25. The summed E-state index contributed by atoms with van der Waals surface area (Å²) in [5, 5.41) is 4.64. The first-order valence-electron chi connectivity index (χ1n) is 10.8. The van der Waals surface area contributed by atoms with E-state index in [9.17, 15) is 19.2 Å². The van der Waals surface area contributed by atoms with Gasteiger partial charge in [0.15, 0.2) is 0 Å². The molecular weight excluding hydrogens is 438 g/mol. The first-order valence-corrected chi connectivity index (χ1v) is 10.8. The van der Waals surface area contributed by atoms with Crippen LogP contribution in [0.3, 0.4) is 0 Å². The van der Waals surface area contributed by atoms with Gasteiger partial charge in [-0.3, -0.25) is 14.2 Å². The summed E-state index contributed by atoms with van der Waals surface area (Å²) in [5.74, 6) is -1.12. The highest BCUT2D eigenvalue weighted by molar-refractivity contribution is 6.21. The molecule has 3 aromatic rings. The van der Waals surface area contributed by atoms with Crippen LogP contribution in [0.2, 0.25) is 0 Å². The zero-order valence-electron chi connectivity index (χ0n) is 18.3. The zero-order valence-corrected chi connectivity index (χ0v) is 18.3. The van der Waals surface area contributed by atoms with E-state index >= 15 is 0 Å². The molecule has 1 aromatic heterocycles. The van der Waals surface area contributed by atoms with E-state index in [1.54, 1.807) is 24.3 Å². The Kier molecular flexibility index (Phi) is 6.97. The summed E-state index contributed by atoms with van der Waals surface area (Å²) in [6, 6.07) is 15.2. The Bertz CT molecular complexity index is 1140. The Labute approximate surface area is 195 Å². The minimum atomic E-state index is -0.581. The topological polar surface area (TPSA) is 114 Å². The highest BCUT2D eigenvalue weighted by Gasteiger charge is 2.41. The van der Waals surface area contributed by atoms with Crippen LogP contribution in [0.15, 0.2) is 73.3 Å². The number of hydrogen-bond donors (Lipinski definition) is 1. The van der Waals surface area contributed by atoms with Crippen LogP contribution in [0.25, 0.3) is 0 Å². The summed E-state index contributed by atoms with van der Waals surface area (Å²) in [4.78, 5) is 54.6. The molecule has 1 aliphatic rings. The van der Waals surface area contributed by atoms with Gasteiger partial charge in [0.05, 0.1) is 11.1 Å². The number of amides is 4. The number of rotatable bonds is 8. The van der Waals surface area contributed by atoms with Crippen molar-refractivity contribution < 1.29 is 23.9 Å². The van der Waals surface area contributed by atoms with Gasteiger partial charge in [-0.05, 0) is 30.5 Å². The number of nitrogens with zero attached hydrogens (tertiary/aromatic N) is 4. The van der Waals surface area contributed by atoms with E-state index < -0.39 is 23.9 Å². The van der Waals surface area contributed by atoms with E-state index in [4.69, 9.17) is 4.74 Å². The first kappa shape index (κ1) is 22.7. The van der Waals surface area contributed by atoms with Crippen molar-refractivity contribution in [2.45, 2.75) is 19.4 Å². The van der Waals surface area contributed by atoms with Crippen LogP contribution >= 0.6 is 0 Å². The fourth-order valence-corrected chi connectivity index (χ4v) is 3.53. The van der Waals surface area contributed by atoms with Gasteiger partial charge in [-0.1, -0.05) is 42.5 Å². The molecule has 1 N–H and O–H groups in total. The van der Waals surface area contributed by atoms with Crippen LogP contribution in [0.1, 0.15) is 39.1 Å². The zero-order chi connectivity index (χ0) is 23.9. The Morgan fingerprint density at radius 3 is 2.26 bits per heavy atom. The quantitative estimate of drug-likeness (QED) is 0.407. The van der Waals surface area contributed by atoms with E-state index in [0.29, 0.717) is 19.4 Å². The van der Waals surface area contributed by atoms with Crippen LogP contribution in [0.4, 0.5) is 9.59 Å². The Morgan fingerprint density at radius 1 is 0.941 bits per heavy atom. The molecule has 0 bridgehead atoms. The number of ether oxygens (including phenoxy) is 1. The van der Waals surface area contributed by atoms with Crippen LogP contribution in [0.5, 0.6) is 0 Å². The lowest BCUT2D eigenvalue weighted by Gasteiger charge is -2.29. The average Bonchev–Trinajstić information content (AvgIpc) is 3.49. The highest BCUT2D eigenvalue weighted by atomic mass is 16.5. The molecule has 0 fully saturated rings. The number of hydrogen-bond acceptors (Lipinski definition) is 6. The Hall–Kier alpha value is -4.47. The van der Waals surface area contributed by atoms with Crippen molar-refractivity contribution in [1.82, 2.24) is 24.9 Å². The lowest BCUT2D eigenvalue weighted by molar-refractivity contribution is 0.0178. The number of alkyl carbamates (subject to hydrolysis) is 1. The van der Waals surface area contributed by atoms with Crippen molar-refractivity contribution in [1.29, 1.82) is 0 Å². The lowest BCUT2D eigenvalue weighted by atomic mass is 10.1. The number of carbonyl (C=O) groups excluding carboxylic acids is 4. The molecule has 4 amide bonds. The molecular formula is C24H23N5O5. The van der Waals surface area contributed by atoms with E-state index in [-0.39, 0.29) is 24.3 Å². The molecule has 174 valence electrons. The molecule has 0 saturated heterocycles. The normalized spacial score (nSPS) is 12.4. The Balaban J connectivity index is 1.33. The molecule has 1 aliphatic heterocycles. The number of aromatic nitrogens is 2. The molecule has 0 saturated carbocycles. The second kappa shape index (κ2) is 10.4. The molecule has 0 spiro atoms. The molecule has 0 atom stereocenters. The van der Waals surface area contributed by atoms with Gasteiger partial charge in [-0.25, -0.2) is 19.6 Å². The van der Waals surface area contributed by atoms with Crippen molar-refractivity contribution in [3.8, 4) is 0 Å². The maximum Gasteiger partial charge on any atom is 0.407 e. The van der Waals surface area contributed by atoms with E-state index in [1.165, 1.54) is 23.3 Å². The third-order valence-electron chi connectivity index (χ3n) is 5.24. The minimum absolute atomic E-state index is 0.0865. The number of imide groups is 1. The summed E-state index contributed by atoms with van der Waals surface area (Å²) < 4.78 is 6.36. The smallest absolute Gasteiger partial charge is 0.407 e. The number of hydrazine groups is 1. The summed E-state index contributed by atoms with van der Waals surface area (Å²) in [6.07, 6.45) is 4.55. The minimum Gasteiger partial charge on any atom is -0.445 e. The summed E-state index contributed by atoms with van der Waals surface area (Å²) in [6.45, 7) is 0.561. The van der Waals surface area contributed by atoms with Crippen molar-refractivity contribution in [3.63, 3.8) is 0 Å². The number of carbonyl (C=O) groups is 4. The van der Waals surface area contributed by atoms with Crippen molar-refractivity contribution in [3.05, 3.63) is 90.0 Å². The SMILES string of the molecule is O=C(NCCCCN(C(=O)n1ccnc1)N1C(=O)c2ccccc2C1=O)OCc1ccccc1. The number of imidazole rings is 1. The van der Waals surface area contributed by atoms with Gasteiger partial charge >= 0.3 is 12.1 Å². The number of nitrogens with one attached hydrogen (secondary N) is 1. The number of unbranched alkanes of at least 4 members (excludes halogenated alkanes) is 1. The predicted octanol–water partition coefficient (Wildman–Crippen LogP) is 3.07. The second-order valence-electron chi connectivity index (χ2n) is 7.54. The molecule has 0 radical (unpaired) electrons. The first-order chi connectivity index (χ1) is 16.6. The third-order valence-corrected chi connectivity index (χ3v) is 5.24. The molecule has 4 rings (SSSR count). The molecule has 2 aromatic carbocycles. The average molecular weight is 461 g/mol. The summed E-state index contributed by atoms with van der Waals surface area (Å²) >= 11 is 0. The molecule has 10 heteroatoms. The Morgan fingerprint density at radius 2 is 1.62 bits per heavy atom. The van der Waals surface area contributed by atoms with Crippen molar-refractivity contribution >= 4 is 23.9 Å².